The van der Waals surface area contributed by atoms with E-state index in [0.717, 1.165) is 23.0 Å². The molecule has 3 aromatic rings. The molecule has 0 spiro atoms. The Kier molecular flexibility index (Phi) is 3.63. The maximum atomic E-state index is 12.0. The second-order valence-electron chi connectivity index (χ2n) is 4.79. The number of furan rings is 1. The van der Waals surface area contributed by atoms with Crippen LogP contribution in [0.2, 0.25) is 0 Å². The molecule has 0 saturated heterocycles. The molecule has 0 saturated carbocycles. The van der Waals surface area contributed by atoms with Gasteiger partial charge in [-0.1, -0.05) is 23.4 Å². The fourth-order valence-corrected chi connectivity index (χ4v) is 2.14. The summed E-state index contributed by atoms with van der Waals surface area (Å²) in [6.07, 6.45) is 1.40. The van der Waals surface area contributed by atoms with Gasteiger partial charge in [0.2, 0.25) is 0 Å². The minimum Gasteiger partial charge on any atom is -0.451 e. The number of hydrogen-bond acceptors (Lipinski definition) is 5. The van der Waals surface area contributed by atoms with Crippen LogP contribution in [0.3, 0.4) is 0 Å². The Morgan fingerprint density at radius 1 is 1.43 bits per heavy atom. The van der Waals surface area contributed by atoms with Gasteiger partial charge in [0.15, 0.2) is 11.6 Å². The largest absolute Gasteiger partial charge is 0.451 e. The highest BCUT2D eigenvalue weighted by atomic mass is 16.3. The highest BCUT2D eigenvalue weighted by Gasteiger charge is 2.12. The number of H-pyrrole nitrogens is 1. The van der Waals surface area contributed by atoms with Gasteiger partial charge in [-0.05, 0) is 25.0 Å². The van der Waals surface area contributed by atoms with E-state index in [1.807, 2.05) is 25.1 Å². The van der Waals surface area contributed by atoms with Crippen molar-refractivity contribution in [3.8, 4) is 0 Å². The van der Waals surface area contributed by atoms with Crippen molar-refractivity contribution in [3.63, 3.8) is 0 Å². The van der Waals surface area contributed by atoms with E-state index in [2.05, 4.69) is 25.9 Å². The SMILES string of the molecule is Cc1cccc2cc(C(=O)NCCCc3nn[nH]n3)oc12. The van der Waals surface area contributed by atoms with Gasteiger partial charge in [-0.15, -0.1) is 10.2 Å². The fourth-order valence-electron chi connectivity index (χ4n) is 2.14. The highest BCUT2D eigenvalue weighted by molar-refractivity contribution is 5.96. The zero-order valence-corrected chi connectivity index (χ0v) is 11.6. The van der Waals surface area contributed by atoms with Gasteiger partial charge in [0.1, 0.15) is 5.58 Å². The van der Waals surface area contributed by atoms with E-state index in [-0.39, 0.29) is 5.91 Å². The van der Waals surface area contributed by atoms with Gasteiger partial charge < -0.3 is 9.73 Å². The number of tetrazole rings is 1. The third kappa shape index (κ3) is 2.91. The van der Waals surface area contributed by atoms with Crippen molar-refractivity contribution in [2.75, 3.05) is 6.54 Å². The van der Waals surface area contributed by atoms with E-state index < -0.39 is 0 Å². The fraction of sp³-hybridized carbons (Fsp3) is 0.286. The summed E-state index contributed by atoms with van der Waals surface area (Å²) in [7, 11) is 0. The monoisotopic (exact) mass is 285 g/mol. The summed E-state index contributed by atoms with van der Waals surface area (Å²) in [6, 6.07) is 7.59. The molecule has 7 heteroatoms. The van der Waals surface area contributed by atoms with Gasteiger partial charge in [-0.25, -0.2) is 0 Å². The highest BCUT2D eigenvalue weighted by Crippen LogP contribution is 2.22. The summed E-state index contributed by atoms with van der Waals surface area (Å²) >= 11 is 0. The first-order valence-corrected chi connectivity index (χ1v) is 6.74. The summed E-state index contributed by atoms with van der Waals surface area (Å²) in [4.78, 5) is 12.0. The molecule has 0 fully saturated rings. The number of carbonyl (C=O) groups excluding carboxylic acids is 1. The third-order valence-corrected chi connectivity index (χ3v) is 3.22. The number of amides is 1. The van der Waals surface area contributed by atoms with Crippen molar-refractivity contribution in [3.05, 3.63) is 41.4 Å². The molecule has 7 nitrogen and oxygen atoms in total. The van der Waals surface area contributed by atoms with Crippen LogP contribution < -0.4 is 5.32 Å². The molecule has 3 rings (SSSR count). The van der Waals surface area contributed by atoms with Crippen LogP contribution in [0.1, 0.15) is 28.4 Å². The minimum absolute atomic E-state index is 0.210. The molecule has 2 N–H and O–H groups in total. The predicted molar refractivity (Wildman–Crippen MR) is 75.8 cm³/mol. The van der Waals surface area contributed by atoms with Crippen LogP contribution in [0.5, 0.6) is 0 Å². The van der Waals surface area contributed by atoms with Crippen LogP contribution >= 0.6 is 0 Å². The first-order valence-electron chi connectivity index (χ1n) is 6.74. The standard InChI is InChI=1S/C14H15N5O2/c1-9-4-2-5-10-8-11(21-13(9)10)14(20)15-7-3-6-12-16-18-19-17-12/h2,4-5,8H,3,6-7H2,1H3,(H,15,20)(H,16,17,18,19). The van der Waals surface area contributed by atoms with Crippen molar-refractivity contribution in [1.29, 1.82) is 0 Å². The van der Waals surface area contributed by atoms with Crippen molar-refractivity contribution in [2.24, 2.45) is 0 Å². The van der Waals surface area contributed by atoms with Gasteiger partial charge in [0.05, 0.1) is 0 Å². The number of nitrogens with one attached hydrogen (secondary N) is 2. The molecule has 0 aliphatic carbocycles. The number of aromatic nitrogens is 4. The van der Waals surface area contributed by atoms with E-state index in [1.54, 1.807) is 6.07 Å². The smallest absolute Gasteiger partial charge is 0.287 e. The molecule has 0 bridgehead atoms. The van der Waals surface area contributed by atoms with Crippen LogP contribution in [0.15, 0.2) is 28.7 Å². The Morgan fingerprint density at radius 2 is 2.33 bits per heavy atom. The maximum absolute atomic E-state index is 12.0. The molecular formula is C14H15N5O2. The molecule has 108 valence electrons. The molecular weight excluding hydrogens is 270 g/mol. The topological polar surface area (TPSA) is 96.7 Å². The number of hydrogen-bond donors (Lipinski definition) is 2. The minimum atomic E-state index is -0.210. The molecule has 2 aromatic heterocycles. The zero-order valence-electron chi connectivity index (χ0n) is 11.6. The number of fused-ring (bicyclic) bond motifs is 1. The normalized spacial score (nSPS) is 10.9. The Morgan fingerprint density at radius 3 is 3.10 bits per heavy atom. The molecule has 2 heterocycles. The molecule has 0 unspecified atom stereocenters. The summed E-state index contributed by atoms with van der Waals surface area (Å²) in [5.41, 5.74) is 1.78. The lowest BCUT2D eigenvalue weighted by atomic mass is 10.2. The number of carbonyl (C=O) groups is 1. The Balaban J connectivity index is 1.58. The Hall–Kier alpha value is -2.70. The van der Waals surface area contributed by atoms with Crippen LogP contribution in [-0.4, -0.2) is 33.1 Å². The van der Waals surface area contributed by atoms with Gasteiger partial charge >= 0.3 is 0 Å². The first-order chi connectivity index (χ1) is 10.2. The van der Waals surface area contributed by atoms with Gasteiger partial charge in [0.25, 0.3) is 5.91 Å². The van der Waals surface area contributed by atoms with Crippen LogP contribution in [0.25, 0.3) is 11.0 Å². The number of rotatable bonds is 5. The van der Waals surface area contributed by atoms with Crippen molar-refractivity contribution >= 4 is 16.9 Å². The van der Waals surface area contributed by atoms with Crippen molar-refractivity contribution < 1.29 is 9.21 Å². The quantitative estimate of drug-likeness (QED) is 0.694. The molecule has 21 heavy (non-hydrogen) atoms. The summed E-state index contributed by atoms with van der Waals surface area (Å²) in [5, 5.41) is 17.3. The zero-order chi connectivity index (χ0) is 14.7. The average Bonchev–Trinajstić information content (AvgIpc) is 3.13. The lowest BCUT2D eigenvalue weighted by Crippen LogP contribution is -2.24. The van der Waals surface area contributed by atoms with E-state index in [1.165, 1.54) is 0 Å². The number of para-hydroxylation sites is 1. The average molecular weight is 285 g/mol. The Labute approximate surface area is 120 Å². The number of aromatic amines is 1. The molecule has 1 amide bonds. The van der Waals surface area contributed by atoms with Crippen molar-refractivity contribution in [1.82, 2.24) is 25.9 Å². The Bertz CT molecular complexity index is 748. The molecule has 0 aliphatic heterocycles. The van der Waals surface area contributed by atoms with E-state index in [4.69, 9.17) is 4.42 Å². The second-order valence-corrected chi connectivity index (χ2v) is 4.79. The number of nitrogens with zero attached hydrogens (tertiary/aromatic N) is 3. The molecule has 0 aliphatic rings. The van der Waals surface area contributed by atoms with E-state index in [0.29, 0.717) is 24.6 Å². The predicted octanol–water partition coefficient (Wildman–Crippen LogP) is 1.62. The van der Waals surface area contributed by atoms with Crippen LogP contribution in [0, 0.1) is 6.92 Å². The third-order valence-electron chi connectivity index (χ3n) is 3.22. The van der Waals surface area contributed by atoms with Crippen LogP contribution in [-0.2, 0) is 6.42 Å². The van der Waals surface area contributed by atoms with Gasteiger partial charge in [-0.3, -0.25) is 4.79 Å². The van der Waals surface area contributed by atoms with E-state index >= 15 is 0 Å². The first kappa shape index (κ1) is 13.3. The summed E-state index contributed by atoms with van der Waals surface area (Å²) < 4.78 is 5.61. The summed E-state index contributed by atoms with van der Waals surface area (Å²) in [6.45, 7) is 2.49. The molecule has 1 aromatic carbocycles. The van der Waals surface area contributed by atoms with E-state index in [9.17, 15) is 4.79 Å². The molecule has 0 atom stereocenters. The van der Waals surface area contributed by atoms with Gasteiger partial charge in [-0.2, -0.15) is 5.21 Å². The maximum Gasteiger partial charge on any atom is 0.287 e. The van der Waals surface area contributed by atoms with Crippen molar-refractivity contribution in [2.45, 2.75) is 19.8 Å². The lowest BCUT2D eigenvalue weighted by Gasteiger charge is -2.01. The van der Waals surface area contributed by atoms with Gasteiger partial charge in [0, 0.05) is 18.4 Å². The second kappa shape index (κ2) is 5.74. The lowest BCUT2D eigenvalue weighted by molar-refractivity contribution is 0.0927. The number of aryl methyl sites for hydroxylation is 2. The summed E-state index contributed by atoms with van der Waals surface area (Å²) in [5.74, 6) is 0.765. The van der Waals surface area contributed by atoms with Crippen LogP contribution in [0.4, 0.5) is 0 Å². The number of benzene rings is 1. The molecule has 0 radical (unpaired) electrons.